The third-order valence-corrected chi connectivity index (χ3v) is 1.94. The first-order chi connectivity index (χ1) is 4.97. The quantitative estimate of drug-likeness (QED) is 0.426. The third-order valence-electron chi connectivity index (χ3n) is 1.94. The molecule has 0 bridgehead atoms. The molecule has 0 amide bonds. The predicted octanol–water partition coefficient (Wildman–Crippen LogP) is 1.09. The summed E-state index contributed by atoms with van der Waals surface area (Å²) in [5.41, 5.74) is 0. The summed E-state index contributed by atoms with van der Waals surface area (Å²) in [6.45, 7) is 2.85. The van der Waals surface area contributed by atoms with Gasteiger partial charge in [-0.15, -0.1) is 0 Å². The number of allylic oxidation sites excluding steroid dienone is 4. The zero-order valence-corrected chi connectivity index (χ0v) is 5.83. The van der Waals surface area contributed by atoms with Gasteiger partial charge >= 0.3 is 61.6 Å². The van der Waals surface area contributed by atoms with E-state index in [9.17, 15) is 0 Å². The van der Waals surface area contributed by atoms with E-state index >= 15 is 0 Å². The monoisotopic (exact) mass is 126 g/mol. The van der Waals surface area contributed by atoms with Crippen LogP contribution in [0, 0.1) is 0 Å². The Kier molecular flexibility index (Phi) is 1.46. The fourth-order valence-electron chi connectivity index (χ4n) is 1.38. The Bertz CT molecular complexity index is 246. The molecule has 0 spiro atoms. The van der Waals surface area contributed by atoms with Crippen molar-refractivity contribution in [2.75, 3.05) is 0 Å². The van der Waals surface area contributed by atoms with Crippen LogP contribution in [0.2, 0.25) is 6.32 Å². The molecule has 0 aromatic rings. The molecular formula is C8H8B2. The Morgan fingerprint density at radius 3 is 3.20 bits per heavy atom. The van der Waals surface area contributed by atoms with Gasteiger partial charge in [0.05, 0.1) is 0 Å². The van der Waals surface area contributed by atoms with Crippen LogP contribution in [0.15, 0.2) is 36.3 Å². The summed E-state index contributed by atoms with van der Waals surface area (Å²) in [6, 6.07) is 0. The summed E-state index contributed by atoms with van der Waals surface area (Å²) in [6.07, 6.45) is 9.72. The summed E-state index contributed by atoms with van der Waals surface area (Å²) in [5, 5.41) is 1.45. The molecule has 0 aliphatic carbocycles. The van der Waals surface area contributed by atoms with E-state index in [4.69, 9.17) is 0 Å². The van der Waals surface area contributed by atoms with Crippen LogP contribution in [0.25, 0.3) is 0 Å². The van der Waals surface area contributed by atoms with Gasteiger partial charge in [-0.3, -0.25) is 0 Å². The molecule has 46 valence electrons. The molecule has 0 saturated carbocycles. The van der Waals surface area contributed by atoms with E-state index in [0.29, 0.717) is 6.71 Å². The van der Waals surface area contributed by atoms with Crippen LogP contribution in [-0.2, 0) is 0 Å². The second kappa shape index (κ2) is 2.45. The average Bonchev–Trinajstić information content (AvgIpc) is 2.05. The second-order valence-corrected chi connectivity index (χ2v) is 2.64. The van der Waals surface area contributed by atoms with Crippen molar-refractivity contribution in [3.05, 3.63) is 36.3 Å². The van der Waals surface area contributed by atoms with Gasteiger partial charge < -0.3 is 0 Å². The molecule has 0 nitrogen and oxygen atoms in total. The van der Waals surface area contributed by atoms with Gasteiger partial charge in [0.1, 0.15) is 0 Å². The predicted molar refractivity (Wildman–Crippen MR) is 48.7 cm³/mol. The van der Waals surface area contributed by atoms with Crippen molar-refractivity contribution in [2.24, 2.45) is 0 Å². The molecule has 0 unspecified atom stereocenters. The maximum absolute atomic E-state index is 2.28. The van der Waals surface area contributed by atoms with Crippen LogP contribution in [0.1, 0.15) is 0 Å². The summed E-state index contributed by atoms with van der Waals surface area (Å²) in [4.78, 5) is 0. The standard InChI is InChI=1S/C8H8B2/c1-2-6-10-7-3-5-9-8(10)4-1/h1-4,6-7H,5H2. The van der Waals surface area contributed by atoms with Crippen molar-refractivity contribution in [3.8, 4) is 0 Å². The zero-order valence-electron chi connectivity index (χ0n) is 5.83. The molecular weight excluding hydrogens is 118 g/mol. The molecule has 0 aromatic heterocycles. The molecule has 0 saturated heterocycles. The number of hydrogen-bond acceptors (Lipinski definition) is 0. The first-order valence-electron chi connectivity index (χ1n) is 3.68. The van der Waals surface area contributed by atoms with Gasteiger partial charge in [0.15, 0.2) is 0 Å². The van der Waals surface area contributed by atoms with E-state index in [0.717, 1.165) is 6.32 Å². The second-order valence-electron chi connectivity index (χ2n) is 2.64. The molecule has 2 heteroatoms. The molecule has 10 heavy (non-hydrogen) atoms. The van der Waals surface area contributed by atoms with Crippen LogP contribution in [0.4, 0.5) is 0 Å². The van der Waals surface area contributed by atoms with Crippen LogP contribution in [0.3, 0.4) is 0 Å². The van der Waals surface area contributed by atoms with E-state index in [1.54, 1.807) is 0 Å². The summed E-state index contributed by atoms with van der Waals surface area (Å²) < 4.78 is 0. The van der Waals surface area contributed by atoms with E-state index in [2.05, 4.69) is 43.2 Å². The Balaban J connectivity index is 2.33. The molecule has 0 aromatic carbocycles. The molecule has 0 fully saturated rings. The fraction of sp³-hybridized carbons (Fsp3) is 0.125. The summed E-state index contributed by atoms with van der Waals surface area (Å²) >= 11 is 0. The van der Waals surface area contributed by atoms with Gasteiger partial charge in [-0.25, -0.2) is 0 Å². The van der Waals surface area contributed by atoms with E-state index in [1.165, 1.54) is 5.36 Å². The normalized spacial score (nSPS) is 20.0. The molecule has 2 aliphatic heterocycles. The van der Waals surface area contributed by atoms with Gasteiger partial charge in [0.2, 0.25) is 0 Å². The third kappa shape index (κ3) is 0.942. The van der Waals surface area contributed by atoms with Gasteiger partial charge in [0.25, 0.3) is 0 Å². The molecule has 0 atom stereocenters. The first-order valence-corrected chi connectivity index (χ1v) is 3.68. The van der Waals surface area contributed by atoms with Crippen molar-refractivity contribution in [2.45, 2.75) is 6.32 Å². The van der Waals surface area contributed by atoms with Crippen LogP contribution in [0.5, 0.6) is 0 Å². The van der Waals surface area contributed by atoms with E-state index in [1.807, 2.05) is 0 Å². The minimum absolute atomic E-state index is 0.568. The Hall–Kier alpha value is -0.780. The summed E-state index contributed by atoms with van der Waals surface area (Å²) in [5.74, 6) is 4.48. The van der Waals surface area contributed by atoms with Gasteiger partial charge in [0, 0.05) is 0 Å². The molecule has 2 aliphatic rings. The van der Waals surface area contributed by atoms with Crippen LogP contribution >= 0.6 is 0 Å². The number of hydrogen-bond donors (Lipinski definition) is 0. The Labute approximate surface area is 62.3 Å². The number of fused-ring (bicyclic) bond motifs is 1. The van der Waals surface area contributed by atoms with E-state index in [-0.39, 0.29) is 0 Å². The van der Waals surface area contributed by atoms with Crippen molar-refractivity contribution in [1.82, 2.24) is 0 Å². The minimum atomic E-state index is 0.568. The van der Waals surface area contributed by atoms with Crippen LogP contribution in [-0.4, -0.2) is 19.0 Å². The SMILES string of the molecule is B1=C2C=CC=CB2C=CC1. The zero-order chi connectivity index (χ0) is 6.81. The Morgan fingerprint density at radius 2 is 2.30 bits per heavy atom. The van der Waals surface area contributed by atoms with Crippen molar-refractivity contribution < 1.29 is 0 Å². The maximum atomic E-state index is 2.28. The fourth-order valence-corrected chi connectivity index (χ4v) is 1.38. The Morgan fingerprint density at radius 1 is 1.30 bits per heavy atom. The van der Waals surface area contributed by atoms with Gasteiger partial charge in [-0.05, 0) is 0 Å². The molecule has 0 N–H and O–H groups in total. The molecule has 0 radical (unpaired) electrons. The summed E-state index contributed by atoms with van der Waals surface area (Å²) in [7, 11) is 0. The topological polar surface area (TPSA) is 0 Å². The van der Waals surface area contributed by atoms with Crippen molar-refractivity contribution in [1.29, 1.82) is 0 Å². The molecule has 2 heterocycles. The van der Waals surface area contributed by atoms with Crippen molar-refractivity contribution in [3.63, 3.8) is 0 Å². The number of rotatable bonds is 0. The average molecular weight is 126 g/mol. The molecule has 2 rings (SSSR count). The van der Waals surface area contributed by atoms with Crippen LogP contribution < -0.4 is 0 Å². The first kappa shape index (κ1) is 5.96. The van der Waals surface area contributed by atoms with Gasteiger partial charge in [-0.1, -0.05) is 0 Å². The van der Waals surface area contributed by atoms with E-state index < -0.39 is 0 Å². The van der Waals surface area contributed by atoms with Gasteiger partial charge in [-0.2, -0.15) is 0 Å². The van der Waals surface area contributed by atoms with Crippen molar-refractivity contribution >= 4 is 19.0 Å².